The van der Waals surface area contributed by atoms with Gasteiger partial charge in [-0.3, -0.25) is 10.7 Å². The highest BCUT2D eigenvalue weighted by Gasteiger charge is 2.46. The molecular formula is C28H27F2N3O2S. The zero-order chi connectivity index (χ0) is 25.5. The maximum atomic E-state index is 14.6. The number of hydrogen-bond donors (Lipinski definition) is 2. The molecule has 2 atom stereocenters. The molecule has 2 N–H and O–H groups in total. The Morgan fingerprint density at radius 3 is 2.67 bits per heavy atom. The van der Waals surface area contributed by atoms with Gasteiger partial charge in [-0.05, 0) is 42.7 Å². The molecule has 1 aliphatic heterocycles. The molecule has 1 heterocycles. The fourth-order valence-electron chi connectivity index (χ4n) is 4.22. The van der Waals surface area contributed by atoms with Gasteiger partial charge in [0, 0.05) is 17.0 Å². The number of hydrazone groups is 1. The summed E-state index contributed by atoms with van der Waals surface area (Å²) in [5.74, 6) is -1.14. The lowest BCUT2D eigenvalue weighted by Gasteiger charge is -2.37. The molecular weight excluding hydrogens is 480 g/mol. The topological polar surface area (TPSA) is 62.7 Å². The fourth-order valence-corrected chi connectivity index (χ4v) is 5.70. The summed E-state index contributed by atoms with van der Waals surface area (Å²) in [6.45, 7) is 6.07. The number of hydrogen-bond acceptors (Lipinski definition) is 5. The number of halogens is 2. The Morgan fingerprint density at radius 2 is 1.92 bits per heavy atom. The Bertz CT molecular complexity index is 1270. The van der Waals surface area contributed by atoms with Crippen molar-refractivity contribution in [3.05, 3.63) is 114 Å². The van der Waals surface area contributed by atoms with Gasteiger partial charge >= 0.3 is 6.09 Å². The summed E-state index contributed by atoms with van der Waals surface area (Å²) in [7, 11) is 0. The summed E-state index contributed by atoms with van der Waals surface area (Å²) in [6.07, 6.45) is 2.60. The average molecular weight is 508 g/mol. The number of benzene rings is 3. The van der Waals surface area contributed by atoms with Crippen LogP contribution in [0.15, 0.2) is 90.6 Å². The van der Waals surface area contributed by atoms with Gasteiger partial charge in [0.15, 0.2) is 0 Å². The molecule has 3 aromatic rings. The molecule has 1 aliphatic rings. The van der Waals surface area contributed by atoms with Crippen molar-refractivity contribution < 1.29 is 18.3 Å². The third kappa shape index (κ3) is 5.44. The minimum atomic E-state index is -0.861. The van der Waals surface area contributed by atoms with Gasteiger partial charge in [-0.25, -0.2) is 13.6 Å². The molecule has 0 saturated carbocycles. The quantitative estimate of drug-likeness (QED) is 0.302. The Hall–Kier alpha value is -3.65. The van der Waals surface area contributed by atoms with E-state index in [1.807, 2.05) is 61.5 Å². The van der Waals surface area contributed by atoms with Crippen molar-refractivity contribution in [3.8, 4) is 0 Å². The Morgan fingerprint density at radius 1 is 1.17 bits per heavy atom. The molecule has 1 amide bonds. The number of amides is 1. The van der Waals surface area contributed by atoms with E-state index >= 15 is 0 Å². The lowest BCUT2D eigenvalue weighted by molar-refractivity contribution is 0.155. The summed E-state index contributed by atoms with van der Waals surface area (Å²) in [5, 5.41) is 7.61. The van der Waals surface area contributed by atoms with Gasteiger partial charge in [-0.15, -0.1) is 6.58 Å². The van der Waals surface area contributed by atoms with E-state index in [4.69, 9.17) is 4.74 Å². The Balaban J connectivity index is 1.65. The molecule has 0 saturated heterocycles. The largest absolute Gasteiger partial charge is 0.444 e. The summed E-state index contributed by atoms with van der Waals surface area (Å²) in [4.78, 5) is 11.8. The van der Waals surface area contributed by atoms with Crippen molar-refractivity contribution in [2.24, 2.45) is 11.0 Å². The number of allylic oxidation sites excluding steroid dienone is 1. The number of carbonyl (C=O) groups excluding carboxylic acids is 1. The van der Waals surface area contributed by atoms with E-state index in [1.54, 1.807) is 6.07 Å². The predicted molar refractivity (Wildman–Crippen MR) is 141 cm³/mol. The molecule has 5 nitrogen and oxygen atoms in total. The Labute approximate surface area is 213 Å². The van der Waals surface area contributed by atoms with Crippen molar-refractivity contribution in [1.29, 1.82) is 0 Å². The minimum Gasteiger partial charge on any atom is -0.444 e. The van der Waals surface area contributed by atoms with Gasteiger partial charge < -0.3 is 4.74 Å². The number of ether oxygens (including phenoxy) is 1. The summed E-state index contributed by atoms with van der Waals surface area (Å²) < 4.78 is 34.0. The van der Waals surface area contributed by atoms with E-state index in [-0.39, 0.29) is 18.1 Å². The van der Waals surface area contributed by atoms with E-state index < -0.39 is 22.6 Å². The standard InChI is InChI=1S/C28H27F2N3O2S/c1-3-10-20(4-2)28(33-32-26(36-28)22-17-21(29)15-16-24(22)30)23-13-8-9-14-25(23)31-27(34)35-18-19-11-6-5-7-12-19/h3,5-9,11-17,20,33H,1,4,10,18H2,2H3,(H,31,34). The van der Waals surface area contributed by atoms with Crippen LogP contribution in [0.4, 0.5) is 19.3 Å². The summed E-state index contributed by atoms with van der Waals surface area (Å²) in [6, 6.07) is 20.0. The molecule has 0 aromatic heterocycles. The van der Waals surface area contributed by atoms with Crippen LogP contribution in [0.3, 0.4) is 0 Å². The molecule has 0 bridgehead atoms. The highest BCUT2D eigenvalue weighted by atomic mass is 32.2. The third-order valence-electron chi connectivity index (χ3n) is 6.04. The molecule has 0 radical (unpaired) electrons. The van der Waals surface area contributed by atoms with Crippen molar-refractivity contribution in [2.45, 2.75) is 31.2 Å². The minimum absolute atomic E-state index is 0.0267. The van der Waals surface area contributed by atoms with Crippen LogP contribution in [0, 0.1) is 17.6 Å². The van der Waals surface area contributed by atoms with E-state index in [2.05, 4.69) is 22.4 Å². The van der Waals surface area contributed by atoms with Crippen LogP contribution in [-0.2, 0) is 16.2 Å². The number of thioether (sulfide) groups is 1. The lowest BCUT2D eigenvalue weighted by atomic mass is 9.87. The van der Waals surface area contributed by atoms with Gasteiger partial charge in [0.2, 0.25) is 0 Å². The van der Waals surface area contributed by atoms with Crippen molar-refractivity contribution in [1.82, 2.24) is 5.43 Å². The highest BCUT2D eigenvalue weighted by molar-refractivity contribution is 8.15. The first-order chi connectivity index (χ1) is 17.5. The van der Waals surface area contributed by atoms with Crippen LogP contribution in [0.2, 0.25) is 0 Å². The molecule has 0 aliphatic carbocycles. The van der Waals surface area contributed by atoms with Crippen molar-refractivity contribution in [3.63, 3.8) is 0 Å². The molecule has 36 heavy (non-hydrogen) atoms. The molecule has 0 spiro atoms. The normalized spacial score (nSPS) is 17.6. The second-order valence-electron chi connectivity index (χ2n) is 8.35. The monoisotopic (exact) mass is 507 g/mol. The molecule has 3 aromatic carbocycles. The van der Waals surface area contributed by atoms with Gasteiger partial charge in [0.1, 0.15) is 28.2 Å². The van der Waals surface area contributed by atoms with Gasteiger partial charge in [-0.2, -0.15) is 5.10 Å². The van der Waals surface area contributed by atoms with Gasteiger partial charge in [0.05, 0.1) is 5.69 Å². The fraction of sp³-hybridized carbons (Fsp3) is 0.214. The van der Waals surface area contributed by atoms with E-state index in [0.717, 1.165) is 35.7 Å². The molecule has 2 unspecified atom stereocenters. The second kappa shape index (κ2) is 11.4. The van der Waals surface area contributed by atoms with E-state index in [0.29, 0.717) is 17.2 Å². The number of rotatable bonds is 9. The molecule has 8 heteroatoms. The highest BCUT2D eigenvalue weighted by Crippen LogP contribution is 2.50. The van der Waals surface area contributed by atoms with E-state index in [1.165, 1.54) is 11.8 Å². The van der Waals surface area contributed by atoms with Crippen LogP contribution in [0.1, 0.15) is 36.5 Å². The molecule has 186 valence electrons. The average Bonchev–Trinajstić information content (AvgIpc) is 3.34. The van der Waals surface area contributed by atoms with Crippen LogP contribution < -0.4 is 10.7 Å². The Kier molecular flexibility index (Phi) is 8.05. The summed E-state index contributed by atoms with van der Waals surface area (Å²) in [5.41, 5.74) is 5.45. The van der Waals surface area contributed by atoms with Crippen LogP contribution in [-0.4, -0.2) is 11.1 Å². The maximum absolute atomic E-state index is 14.6. The number of nitrogens with one attached hydrogen (secondary N) is 2. The van der Waals surface area contributed by atoms with Crippen LogP contribution in [0.5, 0.6) is 0 Å². The number of nitrogens with zero attached hydrogens (tertiary/aromatic N) is 1. The SMILES string of the molecule is C=CCC(CC)C1(c2ccccc2NC(=O)OCc2ccccc2)NN=C(c2cc(F)ccc2F)S1. The first-order valence-electron chi connectivity index (χ1n) is 11.6. The van der Waals surface area contributed by atoms with Crippen molar-refractivity contribution in [2.75, 3.05) is 5.32 Å². The summed E-state index contributed by atoms with van der Waals surface area (Å²) >= 11 is 1.30. The lowest BCUT2D eigenvalue weighted by Crippen LogP contribution is -2.41. The van der Waals surface area contributed by atoms with Crippen molar-refractivity contribution >= 4 is 28.6 Å². The third-order valence-corrected chi connectivity index (χ3v) is 7.51. The number of carbonyl (C=O) groups is 1. The van der Waals surface area contributed by atoms with E-state index in [9.17, 15) is 13.6 Å². The zero-order valence-corrected chi connectivity index (χ0v) is 20.7. The number of para-hydroxylation sites is 1. The molecule has 4 rings (SSSR count). The second-order valence-corrected chi connectivity index (χ2v) is 9.59. The smallest absolute Gasteiger partial charge is 0.411 e. The maximum Gasteiger partial charge on any atom is 0.411 e. The van der Waals surface area contributed by atoms with Gasteiger partial charge in [-0.1, -0.05) is 73.3 Å². The molecule has 0 fully saturated rings. The van der Waals surface area contributed by atoms with Crippen LogP contribution in [0.25, 0.3) is 0 Å². The number of anilines is 1. The first kappa shape index (κ1) is 25.4. The van der Waals surface area contributed by atoms with Crippen LogP contribution >= 0.6 is 11.8 Å². The first-order valence-corrected chi connectivity index (χ1v) is 12.5. The zero-order valence-electron chi connectivity index (χ0n) is 19.8. The predicted octanol–water partition coefficient (Wildman–Crippen LogP) is 7.17. The van der Waals surface area contributed by atoms with Gasteiger partial charge in [0.25, 0.3) is 0 Å².